The summed E-state index contributed by atoms with van der Waals surface area (Å²) in [7, 11) is 0. The van der Waals surface area contributed by atoms with Gasteiger partial charge in [-0.2, -0.15) is 0 Å². The number of nitrogens with one attached hydrogen (secondary N) is 1. The molecule has 0 saturated heterocycles. The third-order valence-electron chi connectivity index (χ3n) is 2.78. The first-order valence-corrected chi connectivity index (χ1v) is 6.75. The van der Waals surface area contributed by atoms with Crippen LogP contribution in [0, 0.1) is 0 Å². The number of hydrogen-bond acceptors (Lipinski definition) is 3. The molecule has 1 fully saturated rings. The molecule has 1 saturated carbocycles. The number of fused-ring (bicyclic) bond motifs is 1. The molecule has 3 rings (SSSR count). The van der Waals surface area contributed by atoms with Crippen LogP contribution in [0.15, 0.2) is 22.7 Å². The number of aromatic nitrogens is 1. The van der Waals surface area contributed by atoms with Crippen LogP contribution >= 0.6 is 27.3 Å². The lowest BCUT2D eigenvalue weighted by Crippen LogP contribution is -2.26. The average molecular weight is 283 g/mol. The summed E-state index contributed by atoms with van der Waals surface area (Å²) in [4.78, 5) is 4.57. The molecule has 1 heterocycles. The van der Waals surface area contributed by atoms with Crippen LogP contribution in [0.5, 0.6) is 0 Å². The molecule has 1 aromatic carbocycles. The van der Waals surface area contributed by atoms with Gasteiger partial charge < -0.3 is 5.32 Å². The molecular weight excluding hydrogens is 272 g/mol. The molecule has 0 unspecified atom stereocenters. The van der Waals surface area contributed by atoms with Gasteiger partial charge in [-0.3, -0.25) is 0 Å². The van der Waals surface area contributed by atoms with Gasteiger partial charge in [0.1, 0.15) is 0 Å². The van der Waals surface area contributed by atoms with Crippen molar-refractivity contribution in [1.29, 1.82) is 0 Å². The maximum Gasteiger partial charge on any atom is 0.184 e. The fraction of sp³-hybridized carbons (Fsp3) is 0.364. The third-order valence-corrected chi connectivity index (χ3v) is 4.24. The van der Waals surface area contributed by atoms with E-state index in [-0.39, 0.29) is 0 Å². The van der Waals surface area contributed by atoms with Gasteiger partial charge in [-0.25, -0.2) is 4.98 Å². The lowest BCUT2D eigenvalue weighted by molar-refractivity contribution is 0.445. The minimum atomic E-state index is 0.661. The van der Waals surface area contributed by atoms with Gasteiger partial charge in [0.2, 0.25) is 0 Å². The van der Waals surface area contributed by atoms with Crippen LogP contribution < -0.4 is 5.32 Å². The zero-order chi connectivity index (χ0) is 10.3. The Morgan fingerprint density at radius 1 is 1.40 bits per heavy atom. The zero-order valence-corrected chi connectivity index (χ0v) is 10.6. The van der Waals surface area contributed by atoms with E-state index in [0.717, 1.165) is 15.1 Å². The van der Waals surface area contributed by atoms with E-state index in [2.05, 4.69) is 44.4 Å². The highest BCUT2D eigenvalue weighted by atomic mass is 79.9. The molecular formula is C11H11BrN2S. The lowest BCUT2D eigenvalue weighted by Gasteiger charge is -2.25. The maximum atomic E-state index is 4.57. The van der Waals surface area contributed by atoms with Gasteiger partial charge in [0.15, 0.2) is 5.13 Å². The standard InChI is InChI=1S/C11H11BrN2S/c12-7-4-5-10-9(6-7)14-11(15-10)13-8-2-1-3-8/h4-6,8H,1-3H2,(H,13,14). The smallest absolute Gasteiger partial charge is 0.184 e. The van der Waals surface area contributed by atoms with Gasteiger partial charge in [-0.05, 0) is 37.5 Å². The van der Waals surface area contributed by atoms with Crippen molar-refractivity contribution in [2.75, 3.05) is 5.32 Å². The Hall–Kier alpha value is -0.610. The largest absolute Gasteiger partial charge is 0.359 e. The van der Waals surface area contributed by atoms with Crippen molar-refractivity contribution in [3.05, 3.63) is 22.7 Å². The molecule has 0 spiro atoms. The van der Waals surface area contributed by atoms with Crippen molar-refractivity contribution < 1.29 is 0 Å². The van der Waals surface area contributed by atoms with Crippen molar-refractivity contribution >= 4 is 42.6 Å². The fourth-order valence-corrected chi connectivity index (χ4v) is 2.96. The molecule has 0 amide bonds. The molecule has 2 aromatic rings. The molecule has 0 atom stereocenters. The summed E-state index contributed by atoms with van der Waals surface area (Å²) < 4.78 is 2.34. The summed E-state index contributed by atoms with van der Waals surface area (Å²) >= 11 is 5.20. The van der Waals surface area contributed by atoms with Crippen LogP contribution in [0.1, 0.15) is 19.3 Å². The van der Waals surface area contributed by atoms with Crippen molar-refractivity contribution in [3.63, 3.8) is 0 Å². The quantitative estimate of drug-likeness (QED) is 0.900. The molecule has 4 heteroatoms. The molecule has 2 nitrogen and oxygen atoms in total. The first kappa shape index (κ1) is 9.60. The maximum absolute atomic E-state index is 4.57. The van der Waals surface area contributed by atoms with E-state index in [0.29, 0.717) is 6.04 Å². The summed E-state index contributed by atoms with van der Waals surface area (Å²) in [6.45, 7) is 0. The highest BCUT2D eigenvalue weighted by Crippen LogP contribution is 2.31. The Labute approximate surface area is 101 Å². The predicted molar refractivity (Wildman–Crippen MR) is 68.6 cm³/mol. The number of halogens is 1. The van der Waals surface area contributed by atoms with E-state index in [4.69, 9.17) is 0 Å². The number of rotatable bonds is 2. The summed E-state index contributed by atoms with van der Waals surface area (Å²) in [6, 6.07) is 6.91. The van der Waals surface area contributed by atoms with E-state index in [1.807, 2.05) is 0 Å². The highest BCUT2D eigenvalue weighted by Gasteiger charge is 2.18. The second-order valence-corrected chi connectivity index (χ2v) is 5.85. The van der Waals surface area contributed by atoms with Crippen LogP contribution in [0.4, 0.5) is 5.13 Å². The Kier molecular flexibility index (Phi) is 2.41. The van der Waals surface area contributed by atoms with Gasteiger partial charge in [0, 0.05) is 10.5 Å². The molecule has 1 aromatic heterocycles. The number of anilines is 1. The van der Waals surface area contributed by atoms with Crippen molar-refractivity contribution in [1.82, 2.24) is 4.98 Å². The first-order chi connectivity index (χ1) is 7.31. The molecule has 0 radical (unpaired) electrons. The van der Waals surface area contributed by atoms with Gasteiger partial charge in [-0.1, -0.05) is 27.3 Å². The molecule has 78 valence electrons. The number of benzene rings is 1. The topological polar surface area (TPSA) is 24.9 Å². The lowest BCUT2D eigenvalue weighted by atomic mass is 9.93. The Morgan fingerprint density at radius 2 is 2.27 bits per heavy atom. The summed E-state index contributed by atoms with van der Waals surface area (Å²) in [5.41, 5.74) is 1.08. The van der Waals surface area contributed by atoms with Crippen LogP contribution in [0.3, 0.4) is 0 Å². The molecule has 1 aliphatic rings. The van der Waals surface area contributed by atoms with Crippen LogP contribution in [-0.2, 0) is 0 Å². The second-order valence-electron chi connectivity index (χ2n) is 3.90. The first-order valence-electron chi connectivity index (χ1n) is 5.14. The summed E-state index contributed by atoms with van der Waals surface area (Å²) in [5.74, 6) is 0. The van der Waals surface area contributed by atoms with Gasteiger partial charge in [0.05, 0.1) is 10.2 Å². The van der Waals surface area contributed by atoms with Gasteiger partial charge in [-0.15, -0.1) is 0 Å². The zero-order valence-electron chi connectivity index (χ0n) is 8.16. The monoisotopic (exact) mass is 282 g/mol. The molecule has 0 bridgehead atoms. The number of hydrogen-bond donors (Lipinski definition) is 1. The fourth-order valence-electron chi connectivity index (χ4n) is 1.69. The van der Waals surface area contributed by atoms with E-state index >= 15 is 0 Å². The van der Waals surface area contributed by atoms with E-state index < -0.39 is 0 Å². The van der Waals surface area contributed by atoms with Crippen molar-refractivity contribution in [2.24, 2.45) is 0 Å². The predicted octanol–water partition coefficient (Wildman–Crippen LogP) is 4.02. The van der Waals surface area contributed by atoms with Crippen molar-refractivity contribution in [2.45, 2.75) is 25.3 Å². The Bertz CT molecular complexity index is 490. The third kappa shape index (κ3) is 1.88. The van der Waals surface area contributed by atoms with Gasteiger partial charge >= 0.3 is 0 Å². The second kappa shape index (κ2) is 3.76. The Balaban J connectivity index is 1.91. The Morgan fingerprint density at radius 3 is 3.00 bits per heavy atom. The molecule has 0 aliphatic heterocycles. The number of nitrogens with zero attached hydrogens (tertiary/aromatic N) is 1. The van der Waals surface area contributed by atoms with E-state index in [9.17, 15) is 0 Å². The van der Waals surface area contributed by atoms with Crippen LogP contribution in [0.2, 0.25) is 0 Å². The average Bonchev–Trinajstić information content (AvgIpc) is 2.53. The van der Waals surface area contributed by atoms with Crippen molar-refractivity contribution in [3.8, 4) is 0 Å². The number of thiazole rings is 1. The van der Waals surface area contributed by atoms with Crippen LogP contribution in [0.25, 0.3) is 10.2 Å². The molecule has 1 aliphatic carbocycles. The molecule has 1 N–H and O–H groups in total. The summed E-state index contributed by atoms with van der Waals surface area (Å²) in [6.07, 6.45) is 3.94. The minimum Gasteiger partial charge on any atom is -0.359 e. The van der Waals surface area contributed by atoms with E-state index in [1.54, 1.807) is 11.3 Å². The molecule has 15 heavy (non-hydrogen) atoms. The summed E-state index contributed by atoms with van der Waals surface area (Å²) in [5, 5.41) is 4.54. The highest BCUT2D eigenvalue weighted by molar-refractivity contribution is 9.10. The van der Waals surface area contributed by atoms with Gasteiger partial charge in [0.25, 0.3) is 0 Å². The SMILES string of the molecule is Brc1ccc2sc(NC3CCC3)nc2c1. The van der Waals surface area contributed by atoms with Crippen LogP contribution in [-0.4, -0.2) is 11.0 Å². The minimum absolute atomic E-state index is 0.661. The normalized spacial score (nSPS) is 16.6. The van der Waals surface area contributed by atoms with E-state index in [1.165, 1.54) is 24.0 Å².